The second-order valence-corrected chi connectivity index (χ2v) is 3.54. The first-order valence-corrected chi connectivity index (χ1v) is 4.40. The number of aromatic hydroxyl groups is 1. The van der Waals surface area contributed by atoms with E-state index in [2.05, 4.69) is 20.7 Å². The Morgan fingerprint density at radius 2 is 1.93 bits per heavy atom. The summed E-state index contributed by atoms with van der Waals surface area (Å²) in [4.78, 5) is 0. The van der Waals surface area contributed by atoms with Crippen molar-refractivity contribution in [3.8, 4) is 11.5 Å². The van der Waals surface area contributed by atoms with E-state index in [0.29, 0.717) is 0 Å². The van der Waals surface area contributed by atoms with Gasteiger partial charge in [0.15, 0.2) is 5.75 Å². The second kappa shape index (κ2) is 3.86. The summed E-state index contributed by atoms with van der Waals surface area (Å²) in [6.45, 7) is 0. The lowest BCUT2D eigenvalue weighted by Crippen LogP contribution is -2.17. The molecule has 0 radical (unpaired) electrons. The number of phenolic OH excluding ortho intramolecular Hbond substituents is 1. The molecule has 1 aromatic carbocycles. The fourth-order valence-electron chi connectivity index (χ4n) is 0.721. The molecule has 0 saturated heterocycles. The molecule has 7 heteroatoms. The van der Waals surface area contributed by atoms with Crippen molar-refractivity contribution < 1.29 is 23.0 Å². The number of alkyl halides is 3. The van der Waals surface area contributed by atoms with E-state index in [0.717, 1.165) is 12.1 Å². The largest absolute Gasteiger partial charge is 0.573 e. The first kappa shape index (κ1) is 11.5. The monoisotopic (exact) mass is 290 g/mol. The molecule has 0 bridgehead atoms. The zero-order chi connectivity index (χ0) is 10.9. The van der Waals surface area contributed by atoms with Crippen molar-refractivity contribution in [1.29, 1.82) is 0 Å². The fourth-order valence-corrected chi connectivity index (χ4v) is 1.40. The molecule has 1 aromatic rings. The van der Waals surface area contributed by atoms with E-state index in [1.807, 2.05) is 0 Å². The molecular weight excluding hydrogens is 288 g/mol. The first-order chi connectivity index (χ1) is 6.29. The number of rotatable bonds is 1. The molecule has 0 fully saturated rings. The molecule has 0 atom stereocenters. The Bertz CT molecular complexity index is 354. The van der Waals surface area contributed by atoms with E-state index in [4.69, 9.17) is 16.7 Å². The minimum atomic E-state index is -4.83. The average Bonchev–Trinajstić information content (AvgIpc) is 1.97. The third-order valence-corrected chi connectivity index (χ3v) is 2.16. The molecule has 0 aliphatic carbocycles. The van der Waals surface area contributed by atoms with Gasteiger partial charge in [-0.25, -0.2) is 0 Å². The summed E-state index contributed by atoms with van der Waals surface area (Å²) >= 11 is 8.33. The van der Waals surface area contributed by atoms with Gasteiger partial charge in [0.05, 0.1) is 9.50 Å². The van der Waals surface area contributed by atoms with Crippen LogP contribution < -0.4 is 4.74 Å². The van der Waals surface area contributed by atoms with Gasteiger partial charge in [-0.3, -0.25) is 0 Å². The molecule has 1 rings (SSSR count). The van der Waals surface area contributed by atoms with E-state index in [-0.39, 0.29) is 15.2 Å². The fraction of sp³-hybridized carbons (Fsp3) is 0.143. The highest BCUT2D eigenvalue weighted by Gasteiger charge is 2.32. The van der Waals surface area contributed by atoms with Gasteiger partial charge in [0.1, 0.15) is 5.75 Å². The van der Waals surface area contributed by atoms with Crippen molar-refractivity contribution in [3.63, 3.8) is 0 Å². The number of hydrogen-bond donors (Lipinski definition) is 1. The predicted octanol–water partition coefficient (Wildman–Crippen LogP) is 3.71. The second-order valence-electron chi connectivity index (χ2n) is 2.28. The Morgan fingerprint density at radius 1 is 1.36 bits per heavy atom. The third kappa shape index (κ3) is 2.95. The Labute approximate surface area is 90.4 Å². The summed E-state index contributed by atoms with van der Waals surface area (Å²) in [6.07, 6.45) is -4.83. The number of phenols is 1. The van der Waals surface area contributed by atoms with Crippen LogP contribution in [-0.2, 0) is 0 Å². The minimum absolute atomic E-state index is 0.192. The smallest absolute Gasteiger partial charge is 0.507 e. The van der Waals surface area contributed by atoms with Gasteiger partial charge in [0.2, 0.25) is 0 Å². The van der Waals surface area contributed by atoms with Gasteiger partial charge in [0.25, 0.3) is 0 Å². The molecular formula is C7H3BrClF3O2. The van der Waals surface area contributed by atoms with Crippen molar-refractivity contribution in [3.05, 3.63) is 21.6 Å². The van der Waals surface area contributed by atoms with E-state index in [1.54, 1.807) is 0 Å². The Morgan fingerprint density at radius 3 is 2.43 bits per heavy atom. The topological polar surface area (TPSA) is 29.5 Å². The molecule has 0 saturated carbocycles. The number of ether oxygens (including phenoxy) is 1. The normalized spacial score (nSPS) is 11.5. The summed E-state index contributed by atoms with van der Waals surface area (Å²) in [6, 6.07) is 1.89. The van der Waals surface area contributed by atoms with Crippen LogP contribution in [0.2, 0.25) is 5.02 Å². The van der Waals surface area contributed by atoms with E-state index < -0.39 is 12.1 Å². The van der Waals surface area contributed by atoms with Crippen molar-refractivity contribution >= 4 is 27.5 Å². The van der Waals surface area contributed by atoms with Crippen molar-refractivity contribution in [2.24, 2.45) is 0 Å². The molecule has 1 N–H and O–H groups in total. The SMILES string of the molecule is Oc1cc(OC(F)(F)F)c(Cl)cc1Br. The van der Waals surface area contributed by atoms with Crippen LogP contribution in [0.15, 0.2) is 16.6 Å². The Kier molecular flexibility index (Phi) is 3.16. The number of halogens is 5. The van der Waals surface area contributed by atoms with Crippen molar-refractivity contribution in [1.82, 2.24) is 0 Å². The van der Waals surface area contributed by atoms with Gasteiger partial charge >= 0.3 is 6.36 Å². The molecule has 0 spiro atoms. The first-order valence-electron chi connectivity index (χ1n) is 3.23. The highest BCUT2D eigenvalue weighted by Crippen LogP contribution is 2.37. The van der Waals surface area contributed by atoms with Gasteiger partial charge in [-0.2, -0.15) is 0 Å². The summed E-state index contributed by atoms with van der Waals surface area (Å²) in [5.74, 6) is -1.02. The molecule has 0 aliphatic heterocycles. The van der Waals surface area contributed by atoms with Gasteiger partial charge in [-0.1, -0.05) is 11.6 Å². The summed E-state index contributed by atoms with van der Waals surface area (Å²) in [5.41, 5.74) is 0. The molecule has 14 heavy (non-hydrogen) atoms. The van der Waals surface area contributed by atoms with Crippen LogP contribution >= 0.6 is 27.5 Å². The molecule has 0 heterocycles. The molecule has 0 amide bonds. The van der Waals surface area contributed by atoms with Crippen LogP contribution in [0.4, 0.5) is 13.2 Å². The maximum atomic E-state index is 11.8. The lowest BCUT2D eigenvalue weighted by molar-refractivity contribution is -0.274. The molecule has 78 valence electrons. The van der Waals surface area contributed by atoms with Crippen molar-refractivity contribution in [2.75, 3.05) is 0 Å². The van der Waals surface area contributed by atoms with E-state index in [1.165, 1.54) is 0 Å². The Hall–Kier alpha value is -0.620. The van der Waals surface area contributed by atoms with E-state index >= 15 is 0 Å². The number of hydrogen-bond acceptors (Lipinski definition) is 2. The van der Waals surface area contributed by atoms with Gasteiger partial charge in [0, 0.05) is 6.07 Å². The number of benzene rings is 1. The zero-order valence-corrected chi connectivity index (χ0v) is 8.74. The summed E-state index contributed by atoms with van der Waals surface area (Å²) < 4.78 is 39.1. The maximum absolute atomic E-state index is 11.8. The molecule has 0 aromatic heterocycles. The van der Waals surface area contributed by atoms with Gasteiger partial charge < -0.3 is 9.84 Å². The van der Waals surface area contributed by atoms with Crippen LogP contribution in [-0.4, -0.2) is 11.5 Å². The minimum Gasteiger partial charge on any atom is -0.507 e. The summed E-state index contributed by atoms with van der Waals surface area (Å²) in [7, 11) is 0. The maximum Gasteiger partial charge on any atom is 0.573 e. The lowest BCUT2D eigenvalue weighted by Gasteiger charge is -2.10. The highest BCUT2D eigenvalue weighted by atomic mass is 79.9. The molecule has 0 unspecified atom stereocenters. The Balaban J connectivity index is 3.04. The highest BCUT2D eigenvalue weighted by molar-refractivity contribution is 9.10. The van der Waals surface area contributed by atoms with Crippen LogP contribution in [0.1, 0.15) is 0 Å². The third-order valence-electron chi connectivity index (χ3n) is 1.23. The predicted molar refractivity (Wildman–Crippen MR) is 47.5 cm³/mol. The molecule has 2 nitrogen and oxygen atoms in total. The van der Waals surface area contributed by atoms with Gasteiger partial charge in [-0.15, -0.1) is 13.2 Å². The zero-order valence-electron chi connectivity index (χ0n) is 6.40. The van der Waals surface area contributed by atoms with Crippen LogP contribution in [0, 0.1) is 0 Å². The summed E-state index contributed by atoms with van der Waals surface area (Å²) in [5, 5.41) is 8.82. The molecule has 0 aliphatic rings. The van der Waals surface area contributed by atoms with Crippen molar-refractivity contribution in [2.45, 2.75) is 6.36 Å². The van der Waals surface area contributed by atoms with Gasteiger partial charge in [-0.05, 0) is 22.0 Å². The lowest BCUT2D eigenvalue weighted by atomic mass is 10.3. The van der Waals surface area contributed by atoms with Crippen LogP contribution in [0.25, 0.3) is 0 Å². The van der Waals surface area contributed by atoms with Crippen LogP contribution in [0.3, 0.4) is 0 Å². The average molecular weight is 291 g/mol. The standard InChI is InChI=1S/C7H3BrClF3O2/c8-3-1-4(9)6(2-5(3)13)14-7(10,11)12/h1-2,13H. The quantitative estimate of drug-likeness (QED) is 0.855. The van der Waals surface area contributed by atoms with E-state index in [9.17, 15) is 13.2 Å². The van der Waals surface area contributed by atoms with Crippen LogP contribution in [0.5, 0.6) is 11.5 Å².